The van der Waals surface area contributed by atoms with Gasteiger partial charge in [0, 0.05) is 11.3 Å². The van der Waals surface area contributed by atoms with Gasteiger partial charge in [0.1, 0.15) is 0 Å². The number of aromatic nitrogens is 3. The van der Waals surface area contributed by atoms with Crippen LogP contribution in [0.15, 0.2) is 78.0 Å². The number of anilines is 1. The number of thioether (sulfide) groups is 1. The third-order valence-corrected chi connectivity index (χ3v) is 7.05. The molecule has 1 N–H and O–H groups in total. The zero-order valence-corrected chi connectivity index (χ0v) is 20.9. The molecule has 0 bridgehead atoms. The Labute approximate surface area is 205 Å². The summed E-state index contributed by atoms with van der Waals surface area (Å²) in [5, 5.41) is 12.6. The lowest BCUT2D eigenvalue weighted by Crippen LogP contribution is -2.14. The normalized spacial score (nSPS) is 11.9. The molecule has 0 aliphatic heterocycles. The van der Waals surface area contributed by atoms with Crippen molar-refractivity contribution in [2.24, 2.45) is 0 Å². The molecule has 1 amide bonds. The fourth-order valence-corrected chi connectivity index (χ4v) is 4.44. The van der Waals surface area contributed by atoms with Crippen LogP contribution in [-0.2, 0) is 4.79 Å². The van der Waals surface area contributed by atoms with Gasteiger partial charge in [0.2, 0.25) is 5.91 Å². The molecule has 4 rings (SSSR count). The van der Waals surface area contributed by atoms with E-state index in [0.29, 0.717) is 11.1 Å². The Bertz CT molecular complexity index is 1270. The standard InChI is InChI=1S/C28H30N4OS/c1-5-19(2)22-12-14-24(15-13-22)29-26(33)18-34-28-31-30-27(23-9-7-6-8-10-23)32(28)25-16-11-20(3)21(4)17-25/h6-17,19H,5,18H2,1-4H3,(H,29,33). The minimum Gasteiger partial charge on any atom is -0.325 e. The van der Waals surface area contributed by atoms with Crippen LogP contribution in [0.4, 0.5) is 5.69 Å². The van der Waals surface area contributed by atoms with E-state index in [9.17, 15) is 4.79 Å². The van der Waals surface area contributed by atoms with Crippen molar-refractivity contribution in [3.05, 3.63) is 89.5 Å². The molecule has 1 atom stereocenters. The van der Waals surface area contributed by atoms with Crippen LogP contribution in [0.2, 0.25) is 0 Å². The molecule has 0 fully saturated rings. The first-order valence-corrected chi connectivity index (χ1v) is 12.6. The average Bonchev–Trinajstić information content (AvgIpc) is 3.29. The Kier molecular flexibility index (Phi) is 7.48. The molecule has 4 aromatic rings. The molecule has 6 heteroatoms. The number of carbonyl (C=O) groups excluding carboxylic acids is 1. The summed E-state index contributed by atoms with van der Waals surface area (Å²) in [4.78, 5) is 12.7. The van der Waals surface area contributed by atoms with E-state index in [4.69, 9.17) is 0 Å². The van der Waals surface area contributed by atoms with Gasteiger partial charge in [-0.25, -0.2) is 0 Å². The molecule has 0 aliphatic rings. The first kappa shape index (κ1) is 23.8. The van der Waals surface area contributed by atoms with Gasteiger partial charge in [-0.15, -0.1) is 10.2 Å². The number of aryl methyl sites for hydroxylation is 2. The number of carbonyl (C=O) groups is 1. The van der Waals surface area contributed by atoms with Gasteiger partial charge in [0.05, 0.1) is 11.4 Å². The van der Waals surface area contributed by atoms with Crippen LogP contribution >= 0.6 is 11.8 Å². The van der Waals surface area contributed by atoms with Gasteiger partial charge in [0.25, 0.3) is 0 Å². The van der Waals surface area contributed by atoms with Crippen molar-refractivity contribution >= 4 is 23.4 Å². The van der Waals surface area contributed by atoms with E-state index in [-0.39, 0.29) is 11.7 Å². The molecule has 0 spiro atoms. The Morgan fingerprint density at radius 1 is 0.971 bits per heavy atom. The summed E-state index contributed by atoms with van der Waals surface area (Å²) >= 11 is 1.38. The summed E-state index contributed by atoms with van der Waals surface area (Å²) in [6.45, 7) is 8.58. The first-order valence-electron chi connectivity index (χ1n) is 11.6. The second kappa shape index (κ2) is 10.7. The molecular formula is C28H30N4OS. The second-order valence-electron chi connectivity index (χ2n) is 8.54. The highest BCUT2D eigenvalue weighted by Gasteiger charge is 2.18. The van der Waals surface area contributed by atoms with Gasteiger partial charge in [-0.3, -0.25) is 9.36 Å². The van der Waals surface area contributed by atoms with Crippen molar-refractivity contribution in [3.63, 3.8) is 0 Å². The summed E-state index contributed by atoms with van der Waals surface area (Å²) in [5.41, 5.74) is 6.47. The highest BCUT2D eigenvalue weighted by Crippen LogP contribution is 2.29. The lowest BCUT2D eigenvalue weighted by Gasteiger charge is -2.13. The van der Waals surface area contributed by atoms with Gasteiger partial charge in [-0.2, -0.15) is 0 Å². The highest BCUT2D eigenvalue weighted by molar-refractivity contribution is 7.99. The van der Waals surface area contributed by atoms with E-state index in [1.807, 2.05) is 47.0 Å². The molecule has 174 valence electrons. The predicted octanol–water partition coefficient (Wildman–Crippen LogP) is 6.80. The third kappa shape index (κ3) is 5.39. The fraction of sp³-hybridized carbons (Fsp3) is 0.250. The van der Waals surface area contributed by atoms with Crippen LogP contribution in [0.25, 0.3) is 17.1 Å². The largest absolute Gasteiger partial charge is 0.325 e. The number of hydrogen-bond donors (Lipinski definition) is 1. The Balaban J connectivity index is 1.54. The highest BCUT2D eigenvalue weighted by atomic mass is 32.2. The monoisotopic (exact) mass is 470 g/mol. The maximum atomic E-state index is 12.7. The molecule has 3 aromatic carbocycles. The van der Waals surface area contributed by atoms with E-state index >= 15 is 0 Å². The van der Waals surface area contributed by atoms with E-state index in [1.165, 1.54) is 28.5 Å². The fourth-order valence-electron chi connectivity index (χ4n) is 3.69. The molecule has 0 radical (unpaired) electrons. The maximum absolute atomic E-state index is 12.7. The molecule has 0 saturated carbocycles. The molecule has 1 aromatic heterocycles. The van der Waals surface area contributed by atoms with Crippen molar-refractivity contribution in [3.8, 4) is 17.1 Å². The summed E-state index contributed by atoms with van der Waals surface area (Å²) < 4.78 is 2.03. The maximum Gasteiger partial charge on any atom is 0.234 e. The average molecular weight is 471 g/mol. The number of rotatable bonds is 8. The van der Waals surface area contributed by atoms with Crippen LogP contribution in [-0.4, -0.2) is 26.4 Å². The number of amides is 1. The van der Waals surface area contributed by atoms with Crippen molar-refractivity contribution < 1.29 is 4.79 Å². The van der Waals surface area contributed by atoms with Gasteiger partial charge >= 0.3 is 0 Å². The van der Waals surface area contributed by atoms with Gasteiger partial charge < -0.3 is 5.32 Å². The Morgan fingerprint density at radius 2 is 1.71 bits per heavy atom. The van der Waals surface area contributed by atoms with E-state index in [0.717, 1.165) is 29.2 Å². The summed E-state index contributed by atoms with van der Waals surface area (Å²) in [7, 11) is 0. The van der Waals surface area contributed by atoms with Gasteiger partial charge in [0.15, 0.2) is 11.0 Å². The summed E-state index contributed by atoms with van der Waals surface area (Å²) in [5.74, 6) is 1.44. The van der Waals surface area contributed by atoms with Crippen LogP contribution in [0, 0.1) is 13.8 Å². The number of nitrogens with one attached hydrogen (secondary N) is 1. The minimum atomic E-state index is -0.0720. The quantitative estimate of drug-likeness (QED) is 0.288. The topological polar surface area (TPSA) is 59.8 Å². The van der Waals surface area contributed by atoms with Crippen molar-refractivity contribution in [2.75, 3.05) is 11.1 Å². The first-order chi connectivity index (χ1) is 16.5. The van der Waals surface area contributed by atoms with Crippen molar-refractivity contribution in [1.29, 1.82) is 0 Å². The molecule has 0 saturated heterocycles. The van der Waals surface area contributed by atoms with E-state index < -0.39 is 0 Å². The van der Waals surface area contributed by atoms with Crippen molar-refractivity contribution in [2.45, 2.75) is 45.2 Å². The van der Waals surface area contributed by atoms with Crippen LogP contribution < -0.4 is 5.32 Å². The molecule has 0 aliphatic carbocycles. The second-order valence-corrected chi connectivity index (χ2v) is 9.49. The van der Waals surface area contributed by atoms with Gasteiger partial charge in [-0.05, 0) is 67.1 Å². The SMILES string of the molecule is CCC(C)c1ccc(NC(=O)CSc2nnc(-c3ccccc3)n2-c2ccc(C)c(C)c2)cc1. The lowest BCUT2D eigenvalue weighted by atomic mass is 9.99. The molecule has 1 heterocycles. The molecule has 34 heavy (non-hydrogen) atoms. The van der Waals surface area contributed by atoms with Crippen LogP contribution in [0.3, 0.4) is 0 Å². The van der Waals surface area contributed by atoms with Crippen LogP contribution in [0.1, 0.15) is 42.9 Å². The zero-order valence-electron chi connectivity index (χ0n) is 20.1. The lowest BCUT2D eigenvalue weighted by molar-refractivity contribution is -0.113. The minimum absolute atomic E-state index is 0.0720. The molecule has 1 unspecified atom stereocenters. The number of nitrogens with zero attached hydrogens (tertiary/aromatic N) is 3. The third-order valence-electron chi connectivity index (χ3n) is 6.12. The summed E-state index contributed by atoms with van der Waals surface area (Å²) in [6, 6.07) is 24.4. The van der Waals surface area contributed by atoms with E-state index in [1.54, 1.807) is 0 Å². The number of hydrogen-bond acceptors (Lipinski definition) is 4. The molecule has 5 nitrogen and oxygen atoms in total. The van der Waals surface area contributed by atoms with Gasteiger partial charge in [-0.1, -0.05) is 74.1 Å². The van der Waals surface area contributed by atoms with Crippen molar-refractivity contribution in [1.82, 2.24) is 14.8 Å². The van der Waals surface area contributed by atoms with E-state index in [2.05, 4.69) is 73.5 Å². The Morgan fingerprint density at radius 3 is 2.38 bits per heavy atom. The smallest absolute Gasteiger partial charge is 0.234 e. The molecular weight excluding hydrogens is 440 g/mol. The zero-order chi connectivity index (χ0) is 24.1. The number of benzene rings is 3. The summed E-state index contributed by atoms with van der Waals surface area (Å²) in [6.07, 6.45) is 1.09. The Hall–Kier alpha value is -3.38. The predicted molar refractivity (Wildman–Crippen MR) is 141 cm³/mol. The van der Waals surface area contributed by atoms with Crippen LogP contribution in [0.5, 0.6) is 0 Å².